The number of piperidine rings is 1. The van der Waals surface area contributed by atoms with Gasteiger partial charge in [-0.05, 0) is 63.0 Å². The number of primary amides is 1. The highest BCUT2D eigenvalue weighted by Crippen LogP contribution is 2.26. The van der Waals surface area contributed by atoms with Crippen molar-refractivity contribution in [1.29, 1.82) is 0 Å². The number of nitrogens with zero attached hydrogens (tertiary/aromatic N) is 4. The van der Waals surface area contributed by atoms with Crippen LogP contribution < -0.4 is 11.1 Å². The highest BCUT2D eigenvalue weighted by atomic mass is 19.1. The molecule has 172 valence electrons. The second-order valence-electron chi connectivity index (χ2n) is 8.25. The summed E-state index contributed by atoms with van der Waals surface area (Å²) in [4.78, 5) is 28.3. The van der Waals surface area contributed by atoms with E-state index in [4.69, 9.17) is 10.5 Å². The SMILES string of the molecule is NC(=O)c1cn(C2CCN(C(=O)OCCN3CCCC3)CC2)nc1Nc1ccc(F)cc1. The Hall–Kier alpha value is -3.14. The minimum absolute atomic E-state index is 0.0329. The molecule has 3 heterocycles. The van der Waals surface area contributed by atoms with Crippen molar-refractivity contribution in [2.24, 2.45) is 5.73 Å². The van der Waals surface area contributed by atoms with E-state index in [-0.39, 0.29) is 23.5 Å². The number of aromatic nitrogens is 2. The number of amides is 2. The fourth-order valence-electron chi connectivity index (χ4n) is 4.19. The molecule has 0 radical (unpaired) electrons. The molecule has 0 bridgehead atoms. The number of hydrogen-bond donors (Lipinski definition) is 2. The molecule has 0 aliphatic carbocycles. The molecule has 2 saturated heterocycles. The van der Waals surface area contributed by atoms with Crippen molar-refractivity contribution in [3.8, 4) is 0 Å². The van der Waals surface area contributed by atoms with Crippen molar-refractivity contribution >= 4 is 23.5 Å². The summed E-state index contributed by atoms with van der Waals surface area (Å²) in [6.45, 7) is 4.48. The van der Waals surface area contributed by atoms with E-state index in [1.54, 1.807) is 27.9 Å². The zero-order chi connectivity index (χ0) is 22.5. The predicted molar refractivity (Wildman–Crippen MR) is 117 cm³/mol. The Morgan fingerprint density at radius 3 is 2.47 bits per heavy atom. The van der Waals surface area contributed by atoms with Gasteiger partial charge in [-0.3, -0.25) is 14.4 Å². The largest absolute Gasteiger partial charge is 0.448 e. The second-order valence-corrected chi connectivity index (χ2v) is 8.25. The van der Waals surface area contributed by atoms with Gasteiger partial charge in [0.1, 0.15) is 18.0 Å². The Bertz CT molecular complexity index is 934. The van der Waals surface area contributed by atoms with Crippen molar-refractivity contribution in [2.75, 3.05) is 44.6 Å². The molecule has 10 heteroatoms. The first-order chi connectivity index (χ1) is 15.5. The van der Waals surface area contributed by atoms with Crippen molar-refractivity contribution in [3.63, 3.8) is 0 Å². The van der Waals surface area contributed by atoms with E-state index in [2.05, 4.69) is 15.3 Å². The third-order valence-corrected chi connectivity index (χ3v) is 6.03. The van der Waals surface area contributed by atoms with Crippen LogP contribution in [0.3, 0.4) is 0 Å². The van der Waals surface area contributed by atoms with Gasteiger partial charge in [0.05, 0.1) is 6.04 Å². The average molecular weight is 445 g/mol. The number of anilines is 2. The zero-order valence-electron chi connectivity index (χ0n) is 18.0. The van der Waals surface area contributed by atoms with Gasteiger partial charge in [0.2, 0.25) is 0 Å². The maximum absolute atomic E-state index is 13.1. The molecule has 0 unspecified atom stereocenters. The minimum Gasteiger partial charge on any atom is -0.448 e. The molecule has 0 spiro atoms. The van der Waals surface area contributed by atoms with Crippen LogP contribution in [-0.2, 0) is 4.74 Å². The Morgan fingerprint density at radius 1 is 1.12 bits per heavy atom. The summed E-state index contributed by atoms with van der Waals surface area (Å²) in [7, 11) is 0. The molecule has 2 aliphatic rings. The summed E-state index contributed by atoms with van der Waals surface area (Å²) in [5.74, 6) is -0.620. The van der Waals surface area contributed by atoms with Crippen molar-refractivity contribution in [2.45, 2.75) is 31.7 Å². The number of rotatable bonds is 7. The third-order valence-electron chi connectivity index (χ3n) is 6.03. The number of nitrogens with one attached hydrogen (secondary N) is 1. The van der Waals surface area contributed by atoms with Gasteiger partial charge in [-0.25, -0.2) is 9.18 Å². The molecule has 2 fully saturated rings. The summed E-state index contributed by atoms with van der Waals surface area (Å²) in [6.07, 6.45) is 5.16. The van der Waals surface area contributed by atoms with Gasteiger partial charge < -0.3 is 20.7 Å². The van der Waals surface area contributed by atoms with Gasteiger partial charge in [0, 0.05) is 31.5 Å². The normalized spacial score (nSPS) is 17.5. The van der Waals surface area contributed by atoms with Crippen LogP contribution in [0.2, 0.25) is 0 Å². The lowest BCUT2D eigenvalue weighted by Crippen LogP contribution is -2.40. The topological polar surface area (TPSA) is 106 Å². The van der Waals surface area contributed by atoms with Gasteiger partial charge in [-0.1, -0.05) is 0 Å². The number of nitrogens with two attached hydrogens (primary N) is 1. The smallest absolute Gasteiger partial charge is 0.409 e. The molecule has 1 aromatic heterocycles. The first kappa shape index (κ1) is 22.1. The van der Waals surface area contributed by atoms with E-state index in [0.29, 0.717) is 44.0 Å². The molecule has 0 atom stereocenters. The van der Waals surface area contributed by atoms with Crippen LogP contribution in [0.25, 0.3) is 0 Å². The number of hydrogen-bond acceptors (Lipinski definition) is 6. The fourth-order valence-corrected chi connectivity index (χ4v) is 4.19. The molecule has 2 amide bonds. The van der Waals surface area contributed by atoms with Gasteiger partial charge in [-0.15, -0.1) is 0 Å². The summed E-state index contributed by atoms with van der Waals surface area (Å²) in [5, 5.41) is 7.53. The molecule has 9 nitrogen and oxygen atoms in total. The monoisotopic (exact) mass is 444 g/mol. The van der Waals surface area contributed by atoms with E-state index in [9.17, 15) is 14.0 Å². The molecule has 1 aromatic carbocycles. The Labute approximate surface area is 186 Å². The molecule has 3 N–H and O–H groups in total. The van der Waals surface area contributed by atoms with E-state index < -0.39 is 5.91 Å². The first-order valence-corrected chi connectivity index (χ1v) is 11.0. The lowest BCUT2D eigenvalue weighted by Gasteiger charge is -2.31. The molecule has 0 saturated carbocycles. The van der Waals surface area contributed by atoms with Crippen LogP contribution in [0, 0.1) is 5.82 Å². The van der Waals surface area contributed by atoms with E-state index in [0.717, 1.165) is 19.6 Å². The van der Waals surface area contributed by atoms with Gasteiger partial charge in [-0.2, -0.15) is 5.10 Å². The van der Waals surface area contributed by atoms with Crippen LogP contribution in [0.4, 0.5) is 20.7 Å². The Kier molecular flexibility index (Phi) is 6.89. The lowest BCUT2D eigenvalue weighted by atomic mass is 10.1. The first-order valence-electron chi connectivity index (χ1n) is 11.0. The number of carbonyl (C=O) groups excluding carboxylic acids is 2. The quantitative estimate of drug-likeness (QED) is 0.680. The Morgan fingerprint density at radius 2 is 1.81 bits per heavy atom. The van der Waals surface area contributed by atoms with E-state index >= 15 is 0 Å². The van der Waals surface area contributed by atoms with Crippen molar-refractivity contribution in [1.82, 2.24) is 19.6 Å². The highest BCUT2D eigenvalue weighted by molar-refractivity contribution is 5.98. The summed E-state index contributed by atoms with van der Waals surface area (Å²) in [6, 6.07) is 5.80. The van der Waals surface area contributed by atoms with Crippen LogP contribution in [0.1, 0.15) is 42.1 Å². The molecule has 4 rings (SSSR count). The van der Waals surface area contributed by atoms with Gasteiger partial charge >= 0.3 is 6.09 Å². The standard InChI is InChI=1S/C22H29FN6O3/c23-16-3-5-17(6-4-16)25-21-19(20(24)30)15-29(26-21)18-7-11-28(12-8-18)22(31)32-14-13-27-9-1-2-10-27/h3-6,15,18H,1-2,7-14H2,(H2,24,30)(H,25,26). The number of benzene rings is 1. The van der Waals surface area contributed by atoms with Crippen LogP contribution >= 0.6 is 0 Å². The summed E-state index contributed by atoms with van der Waals surface area (Å²) >= 11 is 0. The summed E-state index contributed by atoms with van der Waals surface area (Å²) < 4.78 is 20.3. The molecule has 2 aliphatic heterocycles. The van der Waals surface area contributed by atoms with E-state index in [1.807, 2.05) is 0 Å². The number of halogens is 1. The predicted octanol–water partition coefficient (Wildman–Crippen LogP) is 2.73. The number of ether oxygens (including phenoxy) is 1. The molecular weight excluding hydrogens is 415 g/mol. The third kappa shape index (κ3) is 5.37. The molecular formula is C22H29FN6O3. The van der Waals surface area contributed by atoms with Crippen LogP contribution in [0.15, 0.2) is 30.5 Å². The lowest BCUT2D eigenvalue weighted by molar-refractivity contribution is 0.0804. The van der Waals surface area contributed by atoms with E-state index in [1.165, 1.54) is 25.0 Å². The number of carbonyl (C=O) groups is 2. The minimum atomic E-state index is -0.597. The zero-order valence-corrected chi connectivity index (χ0v) is 18.0. The Balaban J connectivity index is 1.32. The average Bonchev–Trinajstić information content (AvgIpc) is 3.46. The molecule has 32 heavy (non-hydrogen) atoms. The summed E-state index contributed by atoms with van der Waals surface area (Å²) in [5.41, 5.74) is 6.39. The maximum Gasteiger partial charge on any atom is 0.409 e. The fraction of sp³-hybridized carbons (Fsp3) is 0.500. The van der Waals surface area contributed by atoms with Gasteiger partial charge in [0.25, 0.3) is 5.91 Å². The highest BCUT2D eigenvalue weighted by Gasteiger charge is 2.27. The van der Waals surface area contributed by atoms with Crippen molar-refractivity contribution < 1.29 is 18.7 Å². The van der Waals surface area contributed by atoms with Crippen molar-refractivity contribution in [3.05, 3.63) is 41.8 Å². The van der Waals surface area contributed by atoms with Crippen LogP contribution in [0.5, 0.6) is 0 Å². The molecule has 2 aromatic rings. The second kappa shape index (κ2) is 9.99. The maximum atomic E-state index is 13.1. The van der Waals surface area contributed by atoms with Crippen LogP contribution in [-0.4, -0.2) is 70.9 Å². The number of likely N-dealkylation sites (tertiary alicyclic amines) is 2. The van der Waals surface area contributed by atoms with Gasteiger partial charge in [0.15, 0.2) is 5.82 Å².